The topological polar surface area (TPSA) is 49.5 Å². The zero-order chi connectivity index (χ0) is 12.0. The predicted octanol–water partition coefficient (Wildman–Crippen LogP) is 2.21. The maximum atomic E-state index is 9.84. The van der Waals surface area contributed by atoms with E-state index in [1.54, 1.807) is 6.07 Å². The van der Waals surface area contributed by atoms with Crippen LogP contribution in [0.1, 0.15) is 19.4 Å². The fraction of sp³-hybridized carbons (Fsp3) is 0.385. The minimum absolute atomic E-state index is 0.300. The Balaban J connectivity index is 2.94. The van der Waals surface area contributed by atoms with Gasteiger partial charge in [-0.2, -0.15) is 0 Å². The summed E-state index contributed by atoms with van der Waals surface area (Å²) in [5.41, 5.74) is 7.23. The Hall–Kier alpha value is -1.48. The molecule has 0 aliphatic carbocycles. The first kappa shape index (κ1) is 12.6. The highest BCUT2D eigenvalue weighted by atomic mass is 16.3. The second-order valence-electron chi connectivity index (χ2n) is 3.55. The van der Waals surface area contributed by atoms with Crippen molar-refractivity contribution in [3.63, 3.8) is 0 Å². The van der Waals surface area contributed by atoms with E-state index in [9.17, 15) is 5.11 Å². The van der Waals surface area contributed by atoms with E-state index in [1.165, 1.54) is 0 Å². The molecule has 0 atom stereocenters. The van der Waals surface area contributed by atoms with Gasteiger partial charge >= 0.3 is 0 Å². The highest BCUT2D eigenvalue weighted by molar-refractivity contribution is 5.63. The van der Waals surface area contributed by atoms with Gasteiger partial charge in [-0.3, -0.25) is 0 Å². The summed E-state index contributed by atoms with van der Waals surface area (Å²) in [6, 6.07) is 5.72. The molecule has 0 amide bonds. The molecular formula is C13H20N2O. The normalized spacial score (nSPS) is 10.9. The quantitative estimate of drug-likeness (QED) is 0.800. The van der Waals surface area contributed by atoms with Gasteiger partial charge in [0, 0.05) is 37.0 Å². The highest BCUT2D eigenvalue weighted by Crippen LogP contribution is 2.25. The Morgan fingerprint density at radius 3 is 2.50 bits per heavy atom. The number of hydrogen-bond donors (Lipinski definition) is 2. The first-order chi connectivity index (χ1) is 7.72. The third-order valence-corrected chi connectivity index (χ3v) is 2.58. The molecule has 0 fully saturated rings. The van der Waals surface area contributed by atoms with Gasteiger partial charge in [-0.1, -0.05) is 12.2 Å². The van der Waals surface area contributed by atoms with Crippen molar-refractivity contribution in [1.29, 1.82) is 0 Å². The largest absolute Gasteiger partial charge is 0.507 e. The summed E-state index contributed by atoms with van der Waals surface area (Å²) in [4.78, 5) is 2.19. The van der Waals surface area contributed by atoms with Crippen molar-refractivity contribution in [2.24, 2.45) is 5.73 Å². The van der Waals surface area contributed by atoms with Crippen LogP contribution in [0.4, 0.5) is 5.69 Å². The van der Waals surface area contributed by atoms with Crippen LogP contribution in [0.2, 0.25) is 0 Å². The van der Waals surface area contributed by atoms with Gasteiger partial charge in [0.1, 0.15) is 5.75 Å². The summed E-state index contributed by atoms with van der Waals surface area (Å²) >= 11 is 0. The van der Waals surface area contributed by atoms with Crippen molar-refractivity contribution in [2.45, 2.75) is 13.8 Å². The van der Waals surface area contributed by atoms with E-state index in [-0.39, 0.29) is 0 Å². The molecule has 3 heteroatoms. The van der Waals surface area contributed by atoms with Crippen LogP contribution < -0.4 is 10.6 Å². The zero-order valence-electron chi connectivity index (χ0n) is 9.98. The van der Waals surface area contributed by atoms with Crippen LogP contribution in [-0.2, 0) is 0 Å². The van der Waals surface area contributed by atoms with Gasteiger partial charge in [0.15, 0.2) is 0 Å². The molecule has 0 aliphatic heterocycles. The van der Waals surface area contributed by atoms with Gasteiger partial charge < -0.3 is 15.7 Å². The lowest BCUT2D eigenvalue weighted by Crippen LogP contribution is -2.21. The van der Waals surface area contributed by atoms with Crippen molar-refractivity contribution in [3.8, 4) is 5.75 Å². The average molecular weight is 220 g/mol. The van der Waals surface area contributed by atoms with Crippen molar-refractivity contribution < 1.29 is 5.11 Å². The number of phenolic OH excluding ortho intramolecular Hbond substituents is 1. The van der Waals surface area contributed by atoms with Crippen molar-refractivity contribution >= 4 is 11.8 Å². The molecule has 0 bridgehead atoms. The van der Waals surface area contributed by atoms with Gasteiger partial charge in [-0.25, -0.2) is 0 Å². The third-order valence-electron chi connectivity index (χ3n) is 2.58. The van der Waals surface area contributed by atoms with Crippen molar-refractivity contribution in [2.75, 3.05) is 24.5 Å². The minimum Gasteiger partial charge on any atom is -0.507 e. The van der Waals surface area contributed by atoms with E-state index >= 15 is 0 Å². The fourth-order valence-electron chi connectivity index (χ4n) is 1.65. The second kappa shape index (κ2) is 6.18. The molecule has 0 aliphatic rings. The Labute approximate surface area is 97.2 Å². The van der Waals surface area contributed by atoms with E-state index < -0.39 is 0 Å². The van der Waals surface area contributed by atoms with Crippen LogP contribution in [0.25, 0.3) is 6.08 Å². The molecule has 0 heterocycles. The second-order valence-corrected chi connectivity index (χ2v) is 3.55. The number of rotatable bonds is 5. The van der Waals surface area contributed by atoms with Crippen LogP contribution >= 0.6 is 0 Å². The minimum atomic E-state index is 0.300. The number of benzene rings is 1. The Kier molecular flexibility index (Phi) is 4.86. The first-order valence-electron chi connectivity index (χ1n) is 5.67. The number of nitrogens with two attached hydrogens (primary N) is 1. The molecule has 1 aromatic rings. The average Bonchev–Trinajstić information content (AvgIpc) is 2.29. The van der Waals surface area contributed by atoms with E-state index in [0.717, 1.165) is 24.3 Å². The Morgan fingerprint density at radius 2 is 2.00 bits per heavy atom. The van der Waals surface area contributed by atoms with E-state index in [4.69, 9.17) is 5.73 Å². The van der Waals surface area contributed by atoms with Gasteiger partial charge in [0.2, 0.25) is 0 Å². The Morgan fingerprint density at radius 1 is 1.31 bits per heavy atom. The summed E-state index contributed by atoms with van der Waals surface area (Å²) in [7, 11) is 0. The number of aromatic hydroxyl groups is 1. The van der Waals surface area contributed by atoms with Crippen LogP contribution in [0.3, 0.4) is 0 Å². The SMILES string of the molecule is CCN(CC)c1ccc(/C=C/CN)c(O)c1. The van der Waals surface area contributed by atoms with Crippen LogP contribution in [0.5, 0.6) is 5.75 Å². The van der Waals surface area contributed by atoms with E-state index in [0.29, 0.717) is 12.3 Å². The first-order valence-corrected chi connectivity index (χ1v) is 5.67. The van der Waals surface area contributed by atoms with Gasteiger partial charge in [0.05, 0.1) is 0 Å². The summed E-state index contributed by atoms with van der Waals surface area (Å²) in [5.74, 6) is 0.300. The number of nitrogens with zero attached hydrogens (tertiary/aromatic N) is 1. The summed E-state index contributed by atoms with van der Waals surface area (Å²) in [6.45, 7) is 6.56. The molecule has 3 nitrogen and oxygen atoms in total. The lowest BCUT2D eigenvalue weighted by Gasteiger charge is -2.21. The summed E-state index contributed by atoms with van der Waals surface area (Å²) < 4.78 is 0. The molecule has 0 saturated heterocycles. The lowest BCUT2D eigenvalue weighted by atomic mass is 10.1. The monoisotopic (exact) mass is 220 g/mol. The van der Waals surface area contributed by atoms with Gasteiger partial charge in [-0.05, 0) is 26.0 Å². The van der Waals surface area contributed by atoms with E-state index in [2.05, 4.69) is 18.7 Å². The summed E-state index contributed by atoms with van der Waals surface area (Å²) in [5, 5.41) is 9.84. The molecule has 0 radical (unpaired) electrons. The van der Waals surface area contributed by atoms with Gasteiger partial charge in [0.25, 0.3) is 0 Å². The molecule has 0 saturated carbocycles. The smallest absolute Gasteiger partial charge is 0.124 e. The van der Waals surface area contributed by atoms with Crippen molar-refractivity contribution in [3.05, 3.63) is 29.8 Å². The molecule has 0 aromatic heterocycles. The maximum absolute atomic E-state index is 9.84. The molecule has 88 valence electrons. The van der Waals surface area contributed by atoms with Crippen molar-refractivity contribution in [1.82, 2.24) is 0 Å². The molecule has 1 rings (SSSR count). The number of anilines is 1. The number of hydrogen-bond acceptors (Lipinski definition) is 3. The third kappa shape index (κ3) is 3.00. The van der Waals surface area contributed by atoms with Crippen LogP contribution in [-0.4, -0.2) is 24.7 Å². The standard InChI is InChI=1S/C13H20N2O/c1-3-15(4-2)12-8-7-11(6-5-9-14)13(16)10-12/h5-8,10,16H,3-4,9,14H2,1-2H3/b6-5+. The molecule has 16 heavy (non-hydrogen) atoms. The Bertz CT molecular complexity index is 357. The molecule has 1 aromatic carbocycles. The molecule has 0 spiro atoms. The molecule has 0 unspecified atom stereocenters. The predicted molar refractivity (Wildman–Crippen MR) is 69.8 cm³/mol. The molecule has 3 N–H and O–H groups in total. The zero-order valence-corrected chi connectivity index (χ0v) is 9.98. The van der Waals surface area contributed by atoms with Gasteiger partial charge in [-0.15, -0.1) is 0 Å². The fourth-order valence-corrected chi connectivity index (χ4v) is 1.65. The number of phenols is 1. The maximum Gasteiger partial charge on any atom is 0.124 e. The van der Waals surface area contributed by atoms with Crippen LogP contribution in [0, 0.1) is 0 Å². The van der Waals surface area contributed by atoms with Crippen LogP contribution in [0.15, 0.2) is 24.3 Å². The lowest BCUT2D eigenvalue weighted by molar-refractivity contribution is 0.474. The highest BCUT2D eigenvalue weighted by Gasteiger charge is 2.04. The summed E-state index contributed by atoms with van der Waals surface area (Å²) in [6.07, 6.45) is 3.66. The molecular weight excluding hydrogens is 200 g/mol. The van der Waals surface area contributed by atoms with E-state index in [1.807, 2.05) is 24.3 Å².